The molecule has 5 nitrogen and oxygen atoms in total. The maximum Gasteiger partial charge on any atom is 0.319 e. The lowest BCUT2D eigenvalue weighted by molar-refractivity contribution is 0.0391. The molecule has 1 heterocycles. The van der Waals surface area contributed by atoms with Gasteiger partial charge in [-0.15, -0.1) is 0 Å². The molecule has 0 bridgehead atoms. The highest BCUT2D eigenvalue weighted by Gasteiger charge is 2.23. The molecule has 1 fully saturated rings. The Bertz CT molecular complexity index is 188. The molecule has 2 amide bonds. The topological polar surface area (TPSA) is 44.8 Å². The highest BCUT2D eigenvalue weighted by molar-refractivity contribution is 5.73. The number of amides is 2. The second-order valence-corrected chi connectivity index (χ2v) is 3.76. The van der Waals surface area contributed by atoms with Crippen LogP contribution in [0.15, 0.2) is 0 Å². The Morgan fingerprint density at radius 2 is 2.00 bits per heavy atom. The summed E-state index contributed by atoms with van der Waals surface area (Å²) in [6.07, 6.45) is 1.90. The third-order valence-electron chi connectivity index (χ3n) is 2.43. The summed E-state index contributed by atoms with van der Waals surface area (Å²) in [5.41, 5.74) is 2.92. The molecule has 82 valence electrons. The zero-order valence-corrected chi connectivity index (χ0v) is 9.12. The molecule has 0 aromatic heterocycles. The largest absolute Gasteiger partial charge is 0.331 e. The lowest BCUT2D eigenvalue weighted by Gasteiger charge is -2.33. The van der Waals surface area contributed by atoms with Crippen molar-refractivity contribution in [2.75, 3.05) is 34.3 Å². The Morgan fingerprint density at radius 3 is 2.43 bits per heavy atom. The number of carbonyl (C=O) groups is 1. The fraction of sp³-hybridized carbons (Fsp3) is 0.889. The molecule has 1 saturated heterocycles. The van der Waals surface area contributed by atoms with E-state index in [0.29, 0.717) is 6.04 Å². The molecule has 1 rings (SSSR count). The number of piperidine rings is 1. The first-order valence-electron chi connectivity index (χ1n) is 4.90. The van der Waals surface area contributed by atoms with E-state index >= 15 is 0 Å². The van der Waals surface area contributed by atoms with Gasteiger partial charge >= 0.3 is 6.03 Å². The van der Waals surface area contributed by atoms with Crippen LogP contribution in [0, 0.1) is 0 Å². The van der Waals surface area contributed by atoms with Gasteiger partial charge in [0.05, 0.1) is 7.11 Å². The van der Waals surface area contributed by atoms with Crippen LogP contribution in [-0.4, -0.2) is 56.2 Å². The summed E-state index contributed by atoms with van der Waals surface area (Å²) in [5, 5.41) is 0. The average molecular weight is 201 g/mol. The molecule has 0 atom stereocenters. The Balaban J connectivity index is 2.32. The number of urea groups is 1. The lowest BCUT2D eigenvalue weighted by Crippen LogP contribution is -2.47. The SMILES string of the molecule is CONC1CCN(C(=O)N(C)C)CC1. The lowest BCUT2D eigenvalue weighted by atomic mass is 10.1. The molecule has 1 N–H and O–H groups in total. The molecule has 5 heteroatoms. The third-order valence-corrected chi connectivity index (χ3v) is 2.43. The smallest absolute Gasteiger partial charge is 0.319 e. The van der Waals surface area contributed by atoms with E-state index in [-0.39, 0.29) is 6.03 Å². The van der Waals surface area contributed by atoms with E-state index in [9.17, 15) is 4.79 Å². The van der Waals surface area contributed by atoms with Crippen LogP contribution >= 0.6 is 0 Å². The number of hydroxylamine groups is 1. The standard InChI is InChI=1S/C9H19N3O2/c1-11(2)9(13)12-6-4-8(5-7-12)10-14-3/h8,10H,4-7H2,1-3H3. The van der Waals surface area contributed by atoms with Crippen LogP contribution in [0.25, 0.3) is 0 Å². The van der Waals surface area contributed by atoms with Gasteiger partial charge in [0.25, 0.3) is 0 Å². The Kier molecular flexibility index (Phi) is 4.16. The van der Waals surface area contributed by atoms with Crippen LogP contribution in [0.4, 0.5) is 4.79 Å². The van der Waals surface area contributed by atoms with Crippen molar-refractivity contribution in [3.63, 3.8) is 0 Å². The minimum atomic E-state index is 0.0980. The highest BCUT2D eigenvalue weighted by Crippen LogP contribution is 2.11. The van der Waals surface area contributed by atoms with Gasteiger partial charge in [-0.25, -0.2) is 4.79 Å². The van der Waals surface area contributed by atoms with Crippen LogP contribution in [0.3, 0.4) is 0 Å². The van der Waals surface area contributed by atoms with Crippen molar-refractivity contribution in [1.82, 2.24) is 15.3 Å². The van der Waals surface area contributed by atoms with Gasteiger partial charge in [0.15, 0.2) is 0 Å². The van der Waals surface area contributed by atoms with Crippen LogP contribution in [0.1, 0.15) is 12.8 Å². The van der Waals surface area contributed by atoms with E-state index < -0.39 is 0 Å². The number of nitrogens with zero attached hydrogens (tertiary/aromatic N) is 2. The van der Waals surface area contributed by atoms with Gasteiger partial charge in [-0.2, -0.15) is 5.48 Å². The summed E-state index contributed by atoms with van der Waals surface area (Å²) < 4.78 is 0. The van der Waals surface area contributed by atoms with E-state index in [1.54, 1.807) is 26.1 Å². The molecule has 0 aliphatic carbocycles. The molecule has 0 saturated carbocycles. The van der Waals surface area contributed by atoms with E-state index in [1.807, 2.05) is 4.90 Å². The van der Waals surface area contributed by atoms with Crippen LogP contribution in [0.2, 0.25) is 0 Å². The molecule has 0 aromatic rings. The predicted octanol–water partition coefficient (Wildman–Crippen LogP) is 0.283. The normalized spacial score (nSPS) is 18.4. The van der Waals surface area contributed by atoms with Gasteiger partial charge in [0.2, 0.25) is 0 Å². The fourth-order valence-corrected chi connectivity index (χ4v) is 1.64. The van der Waals surface area contributed by atoms with Crippen LogP contribution < -0.4 is 5.48 Å². The van der Waals surface area contributed by atoms with E-state index in [1.165, 1.54) is 0 Å². The first kappa shape index (κ1) is 11.3. The number of carbonyl (C=O) groups excluding carboxylic acids is 1. The van der Waals surface area contributed by atoms with Crippen molar-refractivity contribution in [2.24, 2.45) is 0 Å². The zero-order chi connectivity index (χ0) is 10.6. The van der Waals surface area contributed by atoms with E-state index in [2.05, 4.69) is 5.48 Å². The molecule has 0 aromatic carbocycles. The molecule has 14 heavy (non-hydrogen) atoms. The molecule has 1 aliphatic rings. The fourth-order valence-electron chi connectivity index (χ4n) is 1.64. The maximum atomic E-state index is 11.6. The van der Waals surface area contributed by atoms with Crippen LogP contribution in [-0.2, 0) is 4.84 Å². The minimum absolute atomic E-state index is 0.0980. The van der Waals surface area contributed by atoms with Crippen molar-refractivity contribution in [3.8, 4) is 0 Å². The van der Waals surface area contributed by atoms with E-state index in [0.717, 1.165) is 25.9 Å². The average Bonchev–Trinajstić information content (AvgIpc) is 2.18. The maximum absolute atomic E-state index is 11.6. The summed E-state index contributed by atoms with van der Waals surface area (Å²) in [4.78, 5) is 19.9. The molecular weight excluding hydrogens is 182 g/mol. The summed E-state index contributed by atoms with van der Waals surface area (Å²) in [5.74, 6) is 0. The van der Waals surface area contributed by atoms with Crippen molar-refractivity contribution in [2.45, 2.75) is 18.9 Å². The quantitative estimate of drug-likeness (QED) is 0.653. The Hall–Kier alpha value is -0.810. The highest BCUT2D eigenvalue weighted by atomic mass is 16.6. The number of nitrogens with one attached hydrogen (secondary N) is 1. The summed E-state index contributed by atoms with van der Waals surface area (Å²) >= 11 is 0. The Labute approximate surface area is 85.0 Å². The van der Waals surface area contributed by atoms with Crippen LogP contribution in [0.5, 0.6) is 0 Å². The molecule has 0 unspecified atom stereocenters. The van der Waals surface area contributed by atoms with Crippen molar-refractivity contribution >= 4 is 6.03 Å². The number of hydrogen-bond donors (Lipinski definition) is 1. The third kappa shape index (κ3) is 2.85. The predicted molar refractivity (Wildman–Crippen MR) is 53.8 cm³/mol. The van der Waals surface area contributed by atoms with Gasteiger partial charge < -0.3 is 14.6 Å². The van der Waals surface area contributed by atoms with Gasteiger partial charge in [-0.3, -0.25) is 0 Å². The first-order valence-corrected chi connectivity index (χ1v) is 4.90. The molecule has 0 spiro atoms. The van der Waals surface area contributed by atoms with Crippen molar-refractivity contribution in [1.29, 1.82) is 0 Å². The number of rotatable bonds is 2. The molecule has 0 radical (unpaired) electrons. The van der Waals surface area contributed by atoms with Gasteiger partial charge in [-0.05, 0) is 12.8 Å². The second kappa shape index (κ2) is 5.17. The molecule has 1 aliphatic heterocycles. The Morgan fingerprint density at radius 1 is 1.43 bits per heavy atom. The number of likely N-dealkylation sites (tertiary alicyclic amines) is 1. The second-order valence-electron chi connectivity index (χ2n) is 3.76. The minimum Gasteiger partial charge on any atom is -0.331 e. The van der Waals surface area contributed by atoms with Gasteiger partial charge in [0.1, 0.15) is 0 Å². The summed E-state index contributed by atoms with van der Waals surface area (Å²) in [6, 6.07) is 0.479. The van der Waals surface area contributed by atoms with Gasteiger partial charge in [-0.1, -0.05) is 0 Å². The van der Waals surface area contributed by atoms with Crippen molar-refractivity contribution < 1.29 is 9.63 Å². The summed E-state index contributed by atoms with van der Waals surface area (Å²) in [6.45, 7) is 1.61. The van der Waals surface area contributed by atoms with E-state index in [4.69, 9.17) is 4.84 Å². The molecular formula is C9H19N3O2. The summed E-state index contributed by atoms with van der Waals surface area (Å²) in [7, 11) is 5.18. The van der Waals surface area contributed by atoms with Gasteiger partial charge in [0, 0.05) is 33.2 Å². The zero-order valence-electron chi connectivity index (χ0n) is 9.12. The first-order chi connectivity index (χ1) is 6.65. The monoisotopic (exact) mass is 201 g/mol. The number of hydrogen-bond acceptors (Lipinski definition) is 3. The van der Waals surface area contributed by atoms with Crippen molar-refractivity contribution in [3.05, 3.63) is 0 Å².